The van der Waals surface area contributed by atoms with Crippen molar-refractivity contribution in [2.45, 2.75) is 69.4 Å². The van der Waals surface area contributed by atoms with Crippen LogP contribution in [-0.4, -0.2) is 56.9 Å². The molecule has 1 aliphatic carbocycles. The first kappa shape index (κ1) is 27.0. The summed E-state index contributed by atoms with van der Waals surface area (Å²) in [5.41, 5.74) is 2.54. The fourth-order valence-corrected chi connectivity index (χ4v) is 6.20. The molecule has 0 radical (unpaired) electrons. The normalized spacial score (nSPS) is 44.0. The topological polar surface area (TPSA) is 148 Å². The second kappa shape index (κ2) is 9.70. The van der Waals surface area contributed by atoms with Gasteiger partial charge in [0.05, 0.1) is 11.9 Å². The molecule has 9 nitrogen and oxygen atoms in total. The van der Waals surface area contributed by atoms with Gasteiger partial charge in [-0.05, 0) is 44.2 Å². The number of ketones is 1. The van der Waals surface area contributed by atoms with Crippen molar-refractivity contribution in [1.29, 1.82) is 0 Å². The van der Waals surface area contributed by atoms with E-state index in [0.717, 1.165) is 17.9 Å². The molecule has 2 fully saturated rings. The Morgan fingerprint density at radius 2 is 1.78 bits per heavy atom. The summed E-state index contributed by atoms with van der Waals surface area (Å²) in [4.78, 5) is 39.5. The predicted molar refractivity (Wildman–Crippen MR) is 135 cm³/mol. The van der Waals surface area contributed by atoms with Crippen molar-refractivity contribution in [3.8, 4) is 0 Å². The third kappa shape index (κ3) is 4.60. The van der Waals surface area contributed by atoms with Gasteiger partial charge >= 0.3 is 6.16 Å². The average molecular weight is 513 g/mol. The number of nitrogens with two attached hydrogens (primary N) is 1. The predicted octanol–water partition coefficient (Wildman–Crippen LogP) is 2.01. The van der Waals surface area contributed by atoms with Gasteiger partial charge in [0.1, 0.15) is 5.60 Å². The highest BCUT2D eigenvalue weighted by atomic mass is 16.7. The van der Waals surface area contributed by atoms with Gasteiger partial charge in [-0.15, -0.1) is 0 Å². The van der Waals surface area contributed by atoms with Gasteiger partial charge < -0.3 is 30.7 Å². The van der Waals surface area contributed by atoms with E-state index >= 15 is 0 Å². The summed E-state index contributed by atoms with van der Waals surface area (Å²) in [6, 6.07) is 8.16. The van der Waals surface area contributed by atoms with Crippen LogP contribution in [0.1, 0.15) is 39.7 Å². The fraction of sp³-hybridized carbons (Fsp3) is 0.536. The third-order valence-electron chi connectivity index (χ3n) is 8.50. The van der Waals surface area contributed by atoms with Crippen molar-refractivity contribution in [1.82, 2.24) is 5.32 Å². The molecule has 0 bridgehead atoms. The van der Waals surface area contributed by atoms with Crippen molar-refractivity contribution in [3.63, 3.8) is 0 Å². The number of allylic oxidation sites excluding steroid dienone is 1. The van der Waals surface area contributed by atoms with Crippen LogP contribution in [0.4, 0.5) is 4.79 Å². The minimum Gasteiger partial charge on any atom is -0.416 e. The quantitative estimate of drug-likeness (QED) is 0.347. The van der Waals surface area contributed by atoms with Crippen LogP contribution in [0, 0.1) is 23.7 Å². The SMILES string of the molecule is C[C@H]1C/C=C/[C@H]2C(N)[C@@](C)(O)[C@@H](C)[C@H]3[C@H](Cc4ccccc4)NC(=O)[C@]32OC(=O)O/C=C/[C@@](C)(O)C1=O. The Balaban J connectivity index is 1.83. The molecule has 1 aromatic rings. The molecule has 9 atom stereocenters. The summed E-state index contributed by atoms with van der Waals surface area (Å²) in [6.45, 7) is 6.42. The van der Waals surface area contributed by atoms with Crippen LogP contribution in [0.2, 0.25) is 0 Å². The van der Waals surface area contributed by atoms with Crippen LogP contribution in [0.15, 0.2) is 54.8 Å². The number of carbonyl (C=O) groups excluding carboxylic acids is 3. The summed E-state index contributed by atoms with van der Waals surface area (Å²) in [6.07, 6.45) is 4.85. The van der Waals surface area contributed by atoms with E-state index in [1.54, 1.807) is 32.9 Å². The molecule has 1 aromatic carbocycles. The second-order valence-corrected chi connectivity index (χ2v) is 11.0. The highest BCUT2D eigenvalue weighted by Crippen LogP contribution is 2.53. The number of aliphatic hydroxyl groups is 2. The Hall–Kier alpha value is -3.01. The van der Waals surface area contributed by atoms with E-state index in [4.69, 9.17) is 15.2 Å². The van der Waals surface area contributed by atoms with E-state index in [1.165, 1.54) is 6.92 Å². The molecule has 1 unspecified atom stereocenters. The number of amides is 1. The maximum atomic E-state index is 13.8. The summed E-state index contributed by atoms with van der Waals surface area (Å²) in [5.74, 6) is -3.66. The van der Waals surface area contributed by atoms with Crippen molar-refractivity contribution >= 4 is 17.8 Å². The second-order valence-electron chi connectivity index (χ2n) is 11.0. The minimum absolute atomic E-state index is 0.244. The summed E-state index contributed by atoms with van der Waals surface area (Å²) < 4.78 is 11.0. The number of benzene rings is 1. The molecule has 4 rings (SSSR count). The molecule has 37 heavy (non-hydrogen) atoms. The van der Waals surface area contributed by atoms with Gasteiger partial charge in [0.2, 0.25) is 5.60 Å². The maximum absolute atomic E-state index is 13.8. The lowest BCUT2D eigenvalue weighted by atomic mass is 9.55. The molecule has 1 saturated heterocycles. The zero-order valence-electron chi connectivity index (χ0n) is 21.6. The highest BCUT2D eigenvalue weighted by Gasteiger charge is 2.71. The van der Waals surface area contributed by atoms with E-state index in [1.807, 2.05) is 30.3 Å². The third-order valence-corrected chi connectivity index (χ3v) is 8.50. The molecule has 3 aliphatic rings. The molecule has 2 aliphatic heterocycles. The molecular weight excluding hydrogens is 476 g/mol. The van der Waals surface area contributed by atoms with Crippen LogP contribution in [0.25, 0.3) is 0 Å². The van der Waals surface area contributed by atoms with Crippen LogP contribution in [0.3, 0.4) is 0 Å². The summed E-state index contributed by atoms with van der Waals surface area (Å²) in [7, 11) is 0. The Labute approximate surface area is 216 Å². The van der Waals surface area contributed by atoms with E-state index < -0.39 is 70.4 Å². The number of hydrogen-bond acceptors (Lipinski definition) is 8. The number of cyclic esters (lactones) is 1. The number of nitrogens with one attached hydrogen (secondary N) is 1. The lowest BCUT2D eigenvalue weighted by molar-refractivity contribution is -0.185. The van der Waals surface area contributed by atoms with Gasteiger partial charge in [0.15, 0.2) is 5.78 Å². The van der Waals surface area contributed by atoms with Gasteiger partial charge in [-0.3, -0.25) is 9.59 Å². The van der Waals surface area contributed by atoms with E-state index in [-0.39, 0.29) is 6.42 Å². The summed E-state index contributed by atoms with van der Waals surface area (Å²) >= 11 is 0. The Morgan fingerprint density at radius 3 is 2.46 bits per heavy atom. The smallest absolute Gasteiger partial charge is 0.416 e. The number of rotatable bonds is 2. The molecule has 1 saturated carbocycles. The standard InChI is InChI=1S/C28H36N2O7/c1-16-9-8-12-19-22(29)27(4,35)17(2)21-20(15-18-10-6-5-7-11-18)30-24(32)28(19,21)37-25(33)36-14-13-26(3,34)23(16)31/h5-8,10-14,16-17,19-22,34-35H,9,15,29H2,1-4H3,(H,30,32)/b12-8+,14-13+/t16-,17-,19-,20-,21-,22?,26+,27-,28+/m0/s1. The molecule has 1 amide bonds. The van der Waals surface area contributed by atoms with Crippen molar-refractivity contribution in [3.05, 3.63) is 60.4 Å². The first-order valence-corrected chi connectivity index (χ1v) is 12.7. The zero-order valence-corrected chi connectivity index (χ0v) is 21.6. The van der Waals surface area contributed by atoms with Gasteiger partial charge in [-0.1, -0.05) is 56.3 Å². The number of carbonyl (C=O) groups is 3. The molecule has 1 spiro atoms. The molecule has 0 aromatic heterocycles. The van der Waals surface area contributed by atoms with Crippen molar-refractivity contribution < 1.29 is 34.1 Å². The average Bonchev–Trinajstić information content (AvgIpc) is 3.10. The minimum atomic E-state index is -1.87. The van der Waals surface area contributed by atoms with Crippen molar-refractivity contribution in [2.75, 3.05) is 0 Å². The lowest BCUT2D eigenvalue weighted by Gasteiger charge is -2.54. The Bertz CT molecular complexity index is 1110. The number of Topliss-reactive ketones (excluding diaryl/α,β-unsaturated/α-hetero) is 1. The number of hydrogen-bond donors (Lipinski definition) is 4. The van der Waals surface area contributed by atoms with Gasteiger partial charge in [0.25, 0.3) is 5.91 Å². The van der Waals surface area contributed by atoms with E-state index in [0.29, 0.717) is 6.42 Å². The number of ether oxygens (including phenoxy) is 2. The highest BCUT2D eigenvalue weighted by molar-refractivity contribution is 5.92. The molecular formula is C28H36N2O7. The maximum Gasteiger partial charge on any atom is 0.514 e. The zero-order chi connectivity index (χ0) is 27.2. The van der Waals surface area contributed by atoms with Gasteiger partial charge in [-0.25, -0.2) is 4.79 Å². The fourth-order valence-electron chi connectivity index (χ4n) is 6.20. The molecule has 2 heterocycles. The molecule has 5 N–H and O–H groups in total. The van der Waals surface area contributed by atoms with E-state index in [9.17, 15) is 24.6 Å². The monoisotopic (exact) mass is 512 g/mol. The molecule has 200 valence electrons. The van der Waals surface area contributed by atoms with Gasteiger partial charge in [0, 0.05) is 29.8 Å². The lowest BCUT2D eigenvalue weighted by Crippen LogP contribution is -2.71. The Morgan fingerprint density at radius 1 is 1.11 bits per heavy atom. The Kier molecular flexibility index (Phi) is 7.09. The van der Waals surface area contributed by atoms with Crippen LogP contribution >= 0.6 is 0 Å². The van der Waals surface area contributed by atoms with Crippen LogP contribution < -0.4 is 11.1 Å². The first-order chi connectivity index (χ1) is 17.3. The van der Waals surface area contributed by atoms with Gasteiger partial charge in [-0.2, -0.15) is 0 Å². The van der Waals surface area contributed by atoms with Crippen LogP contribution in [-0.2, 0) is 25.5 Å². The first-order valence-electron chi connectivity index (χ1n) is 12.7. The van der Waals surface area contributed by atoms with Crippen molar-refractivity contribution in [2.24, 2.45) is 29.4 Å². The molecule has 9 heteroatoms. The van der Waals surface area contributed by atoms with E-state index in [2.05, 4.69) is 5.32 Å². The largest absolute Gasteiger partial charge is 0.514 e. The summed E-state index contributed by atoms with van der Waals surface area (Å²) in [5, 5.41) is 25.1. The van der Waals surface area contributed by atoms with Crippen LogP contribution in [0.5, 0.6) is 0 Å².